The minimum atomic E-state index is -0.207. The van der Waals surface area contributed by atoms with Crippen LogP contribution < -0.4 is 15.2 Å². The van der Waals surface area contributed by atoms with Gasteiger partial charge in [-0.1, -0.05) is 0 Å². The van der Waals surface area contributed by atoms with Crippen molar-refractivity contribution < 1.29 is 14.3 Å². The standard InChI is InChI=1S/C17H20N4O3/c1-23-11-5-6-12(14(10-11)24-2)13-4-3-9-21(13)17(22)15-16(18)20-8-7-19-15/h5-8,10,13H,3-4,9H2,1-2H3,(H2,18,20). The smallest absolute Gasteiger partial charge is 0.276 e. The van der Waals surface area contributed by atoms with Gasteiger partial charge in [0.2, 0.25) is 0 Å². The molecule has 1 saturated heterocycles. The van der Waals surface area contributed by atoms with E-state index in [1.54, 1.807) is 19.1 Å². The van der Waals surface area contributed by atoms with Crippen LogP contribution >= 0.6 is 0 Å². The van der Waals surface area contributed by atoms with Crippen LogP contribution in [0.3, 0.4) is 0 Å². The summed E-state index contributed by atoms with van der Waals surface area (Å²) in [6.45, 7) is 0.648. The number of methoxy groups -OCH3 is 2. The number of benzene rings is 1. The molecule has 1 aliphatic heterocycles. The quantitative estimate of drug-likeness (QED) is 0.924. The van der Waals surface area contributed by atoms with Crippen LogP contribution in [0.5, 0.6) is 11.5 Å². The molecule has 126 valence electrons. The number of hydrogen-bond acceptors (Lipinski definition) is 6. The van der Waals surface area contributed by atoms with Crippen LogP contribution in [0, 0.1) is 0 Å². The molecule has 1 unspecified atom stereocenters. The van der Waals surface area contributed by atoms with E-state index >= 15 is 0 Å². The molecule has 24 heavy (non-hydrogen) atoms. The van der Waals surface area contributed by atoms with Gasteiger partial charge in [-0.3, -0.25) is 4.79 Å². The number of anilines is 1. The van der Waals surface area contributed by atoms with Gasteiger partial charge in [-0.25, -0.2) is 9.97 Å². The molecule has 7 heteroatoms. The van der Waals surface area contributed by atoms with Gasteiger partial charge in [0.25, 0.3) is 5.91 Å². The summed E-state index contributed by atoms with van der Waals surface area (Å²) in [5.74, 6) is 1.35. The fourth-order valence-corrected chi connectivity index (χ4v) is 3.08. The first kappa shape index (κ1) is 16.0. The van der Waals surface area contributed by atoms with Crippen molar-refractivity contribution in [2.75, 3.05) is 26.5 Å². The number of carbonyl (C=O) groups excluding carboxylic acids is 1. The van der Waals surface area contributed by atoms with Gasteiger partial charge >= 0.3 is 0 Å². The predicted octanol–water partition coefficient (Wildman–Crippen LogP) is 2.05. The van der Waals surface area contributed by atoms with Gasteiger partial charge in [0.1, 0.15) is 11.5 Å². The average molecular weight is 328 g/mol. The number of rotatable bonds is 4. The molecule has 1 aliphatic rings. The lowest BCUT2D eigenvalue weighted by Gasteiger charge is -2.26. The zero-order valence-electron chi connectivity index (χ0n) is 13.7. The van der Waals surface area contributed by atoms with Crippen molar-refractivity contribution in [1.82, 2.24) is 14.9 Å². The van der Waals surface area contributed by atoms with Crippen LogP contribution in [0.1, 0.15) is 34.9 Å². The molecule has 0 spiro atoms. The van der Waals surface area contributed by atoms with Crippen LogP contribution in [0.25, 0.3) is 0 Å². The maximum absolute atomic E-state index is 12.9. The Hall–Kier alpha value is -2.83. The second kappa shape index (κ2) is 6.74. The minimum absolute atomic E-state index is 0.0836. The Balaban J connectivity index is 1.94. The van der Waals surface area contributed by atoms with Gasteiger partial charge in [-0.2, -0.15) is 0 Å². The van der Waals surface area contributed by atoms with Gasteiger partial charge in [-0.05, 0) is 25.0 Å². The van der Waals surface area contributed by atoms with E-state index in [2.05, 4.69) is 9.97 Å². The van der Waals surface area contributed by atoms with E-state index in [0.717, 1.165) is 18.4 Å². The van der Waals surface area contributed by atoms with Crippen LogP contribution in [0.4, 0.5) is 5.82 Å². The molecule has 0 bridgehead atoms. The number of nitrogen functional groups attached to an aromatic ring is 1. The lowest BCUT2D eigenvalue weighted by atomic mass is 10.0. The number of likely N-dealkylation sites (tertiary alicyclic amines) is 1. The van der Waals surface area contributed by atoms with Crippen molar-refractivity contribution in [3.05, 3.63) is 41.9 Å². The topological polar surface area (TPSA) is 90.6 Å². The molecule has 2 heterocycles. The van der Waals surface area contributed by atoms with Crippen molar-refractivity contribution in [3.63, 3.8) is 0 Å². The summed E-state index contributed by atoms with van der Waals surface area (Å²) < 4.78 is 10.7. The highest BCUT2D eigenvalue weighted by Gasteiger charge is 2.34. The molecule has 7 nitrogen and oxygen atoms in total. The number of carbonyl (C=O) groups is 1. The molecular formula is C17H20N4O3. The molecular weight excluding hydrogens is 308 g/mol. The van der Waals surface area contributed by atoms with E-state index in [1.165, 1.54) is 12.4 Å². The summed E-state index contributed by atoms with van der Waals surface area (Å²) in [5, 5.41) is 0. The SMILES string of the molecule is COc1ccc(C2CCCN2C(=O)c2nccnc2N)c(OC)c1. The first-order valence-electron chi connectivity index (χ1n) is 7.75. The molecule has 1 atom stereocenters. The van der Waals surface area contributed by atoms with Crippen molar-refractivity contribution in [2.24, 2.45) is 0 Å². The predicted molar refractivity (Wildman–Crippen MR) is 89.0 cm³/mol. The Labute approximate surface area is 140 Å². The molecule has 0 saturated carbocycles. The zero-order chi connectivity index (χ0) is 17.1. The van der Waals surface area contributed by atoms with Crippen molar-refractivity contribution in [3.8, 4) is 11.5 Å². The van der Waals surface area contributed by atoms with E-state index in [9.17, 15) is 4.79 Å². The van der Waals surface area contributed by atoms with Gasteiger partial charge < -0.3 is 20.1 Å². The third kappa shape index (κ3) is 2.84. The number of amides is 1. The van der Waals surface area contributed by atoms with Gasteiger partial charge in [-0.15, -0.1) is 0 Å². The summed E-state index contributed by atoms with van der Waals surface area (Å²) in [4.78, 5) is 22.7. The van der Waals surface area contributed by atoms with E-state index < -0.39 is 0 Å². The largest absolute Gasteiger partial charge is 0.497 e. The first-order valence-corrected chi connectivity index (χ1v) is 7.75. The van der Waals surface area contributed by atoms with Crippen molar-refractivity contribution in [1.29, 1.82) is 0 Å². The lowest BCUT2D eigenvalue weighted by molar-refractivity contribution is 0.0729. The minimum Gasteiger partial charge on any atom is -0.497 e. The lowest BCUT2D eigenvalue weighted by Crippen LogP contribution is -2.32. The maximum atomic E-state index is 12.9. The molecule has 2 aromatic rings. The fraction of sp³-hybridized carbons (Fsp3) is 0.353. The number of aromatic nitrogens is 2. The third-order valence-corrected chi connectivity index (χ3v) is 4.24. The van der Waals surface area contributed by atoms with Crippen LogP contribution in [-0.4, -0.2) is 41.5 Å². The summed E-state index contributed by atoms with van der Waals surface area (Å²) in [5.41, 5.74) is 6.95. The Kier molecular flexibility index (Phi) is 4.50. The second-order valence-electron chi connectivity index (χ2n) is 5.55. The first-order chi connectivity index (χ1) is 11.7. The van der Waals surface area contributed by atoms with Gasteiger partial charge in [0.05, 0.1) is 20.3 Å². The van der Waals surface area contributed by atoms with E-state index in [1.807, 2.05) is 18.2 Å². The van der Waals surface area contributed by atoms with Crippen molar-refractivity contribution >= 4 is 11.7 Å². The molecule has 2 N–H and O–H groups in total. The fourth-order valence-electron chi connectivity index (χ4n) is 3.08. The Morgan fingerprint density at radius 3 is 2.75 bits per heavy atom. The molecule has 1 aromatic carbocycles. The Morgan fingerprint density at radius 2 is 2.04 bits per heavy atom. The van der Waals surface area contributed by atoms with Crippen molar-refractivity contribution in [2.45, 2.75) is 18.9 Å². The zero-order valence-corrected chi connectivity index (χ0v) is 13.7. The van der Waals surface area contributed by atoms with E-state index in [-0.39, 0.29) is 23.5 Å². The molecule has 1 aromatic heterocycles. The number of hydrogen-bond donors (Lipinski definition) is 1. The summed E-state index contributed by atoms with van der Waals surface area (Å²) >= 11 is 0. The molecule has 0 aliphatic carbocycles. The van der Waals surface area contributed by atoms with E-state index in [0.29, 0.717) is 18.0 Å². The number of nitrogens with zero attached hydrogens (tertiary/aromatic N) is 3. The highest BCUT2D eigenvalue weighted by atomic mass is 16.5. The second-order valence-corrected chi connectivity index (χ2v) is 5.55. The van der Waals surface area contributed by atoms with Crippen LogP contribution in [-0.2, 0) is 0 Å². The van der Waals surface area contributed by atoms with Crippen LogP contribution in [0.2, 0.25) is 0 Å². The molecule has 1 amide bonds. The third-order valence-electron chi connectivity index (χ3n) is 4.24. The monoisotopic (exact) mass is 328 g/mol. The molecule has 3 rings (SSSR count). The molecule has 1 fully saturated rings. The van der Waals surface area contributed by atoms with Crippen LogP contribution in [0.15, 0.2) is 30.6 Å². The van der Waals surface area contributed by atoms with Gasteiger partial charge in [0, 0.05) is 30.6 Å². The summed E-state index contributed by atoms with van der Waals surface area (Å²) in [7, 11) is 3.22. The average Bonchev–Trinajstić information content (AvgIpc) is 3.10. The number of nitrogens with two attached hydrogens (primary N) is 1. The Morgan fingerprint density at radius 1 is 1.25 bits per heavy atom. The normalized spacial score (nSPS) is 16.9. The summed E-state index contributed by atoms with van der Waals surface area (Å²) in [6, 6.07) is 5.55. The van der Waals surface area contributed by atoms with Gasteiger partial charge in [0.15, 0.2) is 11.5 Å². The summed E-state index contributed by atoms with van der Waals surface area (Å²) in [6.07, 6.45) is 4.71. The molecule has 0 radical (unpaired) electrons. The van der Waals surface area contributed by atoms with E-state index in [4.69, 9.17) is 15.2 Å². The maximum Gasteiger partial charge on any atom is 0.276 e. The highest BCUT2D eigenvalue weighted by Crippen LogP contribution is 2.39. The highest BCUT2D eigenvalue weighted by molar-refractivity contribution is 5.96. The Bertz CT molecular complexity index is 750. The number of ether oxygens (including phenoxy) is 2.